The number of aromatic hydroxyl groups is 1. The van der Waals surface area contributed by atoms with Crippen LogP contribution >= 0.6 is 11.6 Å². The lowest BCUT2D eigenvalue weighted by Gasteiger charge is -2.11. The fourth-order valence-corrected chi connectivity index (χ4v) is 1.12. The Kier molecular flexibility index (Phi) is 3.08. The summed E-state index contributed by atoms with van der Waals surface area (Å²) in [5.74, 6) is -1.13. The molecule has 0 aliphatic rings. The molecule has 13 heavy (non-hydrogen) atoms. The predicted octanol–water partition coefficient (Wildman–Crippen LogP) is 1.18. The highest BCUT2D eigenvalue weighted by molar-refractivity contribution is 6.32. The Morgan fingerprint density at radius 3 is 2.69 bits per heavy atom. The zero-order valence-electron chi connectivity index (χ0n) is 6.67. The summed E-state index contributed by atoms with van der Waals surface area (Å²) in [4.78, 5) is 0. The summed E-state index contributed by atoms with van der Waals surface area (Å²) in [5.41, 5.74) is 5.65. The second-order valence-electron chi connectivity index (χ2n) is 2.59. The molecule has 4 N–H and O–H groups in total. The van der Waals surface area contributed by atoms with Crippen LogP contribution in [-0.4, -0.2) is 16.8 Å². The Balaban J connectivity index is 3.18. The third-order valence-corrected chi connectivity index (χ3v) is 2.06. The van der Waals surface area contributed by atoms with Crippen LogP contribution in [0.4, 0.5) is 4.39 Å². The van der Waals surface area contributed by atoms with Crippen molar-refractivity contribution in [3.05, 3.63) is 28.5 Å². The van der Waals surface area contributed by atoms with Crippen LogP contribution < -0.4 is 5.73 Å². The lowest BCUT2D eigenvalue weighted by atomic mass is 10.1. The van der Waals surface area contributed by atoms with E-state index in [0.717, 1.165) is 6.07 Å². The van der Waals surface area contributed by atoms with E-state index >= 15 is 0 Å². The number of phenolic OH excluding ortho intramolecular Hbond substituents is 1. The molecule has 1 atom stereocenters. The first kappa shape index (κ1) is 10.2. The van der Waals surface area contributed by atoms with Crippen molar-refractivity contribution >= 4 is 11.6 Å². The first-order valence-corrected chi connectivity index (χ1v) is 3.99. The van der Waals surface area contributed by atoms with Crippen LogP contribution in [0.5, 0.6) is 5.75 Å². The van der Waals surface area contributed by atoms with Crippen molar-refractivity contribution in [2.24, 2.45) is 5.73 Å². The number of halogens is 2. The van der Waals surface area contributed by atoms with Crippen LogP contribution in [0.25, 0.3) is 0 Å². The van der Waals surface area contributed by atoms with E-state index in [1.165, 1.54) is 6.07 Å². The normalized spacial score (nSPS) is 12.9. The number of aliphatic hydroxyl groups excluding tert-OH is 1. The third kappa shape index (κ3) is 1.91. The first-order chi connectivity index (χ1) is 6.07. The maximum absolute atomic E-state index is 12.7. The molecule has 72 valence electrons. The standard InChI is InChI=1S/C8H9ClFNO2/c9-7-5(10)2-1-4(8(7)13)6(11)3-12/h1-2,6,12-13H,3,11H2/t6-/m1/s1. The largest absolute Gasteiger partial charge is 0.506 e. The van der Waals surface area contributed by atoms with Gasteiger partial charge in [0.1, 0.15) is 16.6 Å². The van der Waals surface area contributed by atoms with Gasteiger partial charge in [0, 0.05) is 5.56 Å². The molecular weight excluding hydrogens is 197 g/mol. The van der Waals surface area contributed by atoms with Gasteiger partial charge in [-0.1, -0.05) is 17.7 Å². The van der Waals surface area contributed by atoms with Crippen molar-refractivity contribution in [2.45, 2.75) is 6.04 Å². The van der Waals surface area contributed by atoms with E-state index in [0.29, 0.717) is 0 Å². The van der Waals surface area contributed by atoms with E-state index in [4.69, 9.17) is 22.4 Å². The van der Waals surface area contributed by atoms with Gasteiger partial charge in [0.2, 0.25) is 0 Å². The van der Waals surface area contributed by atoms with Crippen molar-refractivity contribution in [1.29, 1.82) is 0 Å². The van der Waals surface area contributed by atoms with E-state index in [1.807, 2.05) is 0 Å². The van der Waals surface area contributed by atoms with Crippen LogP contribution in [0.1, 0.15) is 11.6 Å². The molecule has 0 heterocycles. The second kappa shape index (κ2) is 3.91. The number of rotatable bonds is 2. The summed E-state index contributed by atoms with van der Waals surface area (Å²) in [6.07, 6.45) is 0. The number of phenols is 1. The van der Waals surface area contributed by atoms with Crippen molar-refractivity contribution < 1.29 is 14.6 Å². The molecule has 0 unspecified atom stereocenters. The summed E-state index contributed by atoms with van der Waals surface area (Å²) >= 11 is 5.42. The topological polar surface area (TPSA) is 66.5 Å². The first-order valence-electron chi connectivity index (χ1n) is 3.61. The highest BCUT2D eigenvalue weighted by Crippen LogP contribution is 2.32. The Bertz CT molecular complexity index is 319. The minimum absolute atomic E-state index is 0.230. The molecule has 0 saturated heterocycles. The molecule has 0 aromatic heterocycles. The number of aliphatic hydroxyl groups is 1. The molecule has 0 fully saturated rings. The minimum atomic E-state index is -0.752. The second-order valence-corrected chi connectivity index (χ2v) is 2.97. The molecule has 5 heteroatoms. The van der Waals surface area contributed by atoms with E-state index in [9.17, 15) is 9.50 Å². The monoisotopic (exact) mass is 205 g/mol. The Labute approximate surface area is 79.6 Å². The molecule has 0 spiro atoms. The van der Waals surface area contributed by atoms with Gasteiger partial charge in [-0.2, -0.15) is 0 Å². The van der Waals surface area contributed by atoms with Gasteiger partial charge in [-0.3, -0.25) is 0 Å². The Morgan fingerprint density at radius 2 is 2.15 bits per heavy atom. The maximum atomic E-state index is 12.7. The molecule has 0 aliphatic heterocycles. The van der Waals surface area contributed by atoms with Gasteiger partial charge in [0.25, 0.3) is 0 Å². The highest BCUT2D eigenvalue weighted by atomic mass is 35.5. The molecule has 1 aromatic carbocycles. The summed E-state index contributed by atoms with van der Waals surface area (Å²) < 4.78 is 12.7. The summed E-state index contributed by atoms with van der Waals surface area (Å²) in [6, 6.07) is 1.63. The number of hydrogen-bond donors (Lipinski definition) is 3. The van der Waals surface area contributed by atoms with Gasteiger partial charge in [0.05, 0.1) is 12.6 Å². The Hall–Kier alpha value is -0.840. The quantitative estimate of drug-likeness (QED) is 0.679. The molecule has 0 aliphatic carbocycles. The minimum Gasteiger partial charge on any atom is -0.506 e. The zero-order valence-corrected chi connectivity index (χ0v) is 7.42. The zero-order chi connectivity index (χ0) is 10.0. The lowest BCUT2D eigenvalue weighted by molar-refractivity contribution is 0.265. The van der Waals surface area contributed by atoms with E-state index in [1.54, 1.807) is 0 Å². The third-order valence-electron chi connectivity index (χ3n) is 1.70. The average molecular weight is 206 g/mol. The van der Waals surface area contributed by atoms with E-state index in [-0.39, 0.29) is 17.2 Å². The molecule has 3 nitrogen and oxygen atoms in total. The summed E-state index contributed by atoms with van der Waals surface area (Å²) in [6.45, 7) is -0.338. The van der Waals surface area contributed by atoms with E-state index < -0.39 is 17.6 Å². The molecule has 0 amide bonds. The number of benzene rings is 1. The summed E-state index contributed by atoms with van der Waals surface area (Å²) in [5, 5.41) is 17.6. The van der Waals surface area contributed by atoms with E-state index in [2.05, 4.69) is 0 Å². The lowest BCUT2D eigenvalue weighted by Crippen LogP contribution is -2.14. The van der Waals surface area contributed by atoms with Crippen LogP contribution in [0, 0.1) is 5.82 Å². The highest BCUT2D eigenvalue weighted by Gasteiger charge is 2.15. The Morgan fingerprint density at radius 1 is 1.54 bits per heavy atom. The molecule has 0 bridgehead atoms. The van der Waals surface area contributed by atoms with Crippen LogP contribution in [0.3, 0.4) is 0 Å². The fraction of sp³-hybridized carbons (Fsp3) is 0.250. The fourth-order valence-electron chi connectivity index (χ4n) is 0.952. The smallest absolute Gasteiger partial charge is 0.145 e. The van der Waals surface area contributed by atoms with Gasteiger partial charge >= 0.3 is 0 Å². The number of hydrogen-bond acceptors (Lipinski definition) is 3. The van der Waals surface area contributed by atoms with Crippen molar-refractivity contribution in [2.75, 3.05) is 6.61 Å². The molecule has 1 aromatic rings. The van der Waals surface area contributed by atoms with Crippen LogP contribution in [0.2, 0.25) is 5.02 Å². The van der Waals surface area contributed by atoms with Crippen LogP contribution in [-0.2, 0) is 0 Å². The van der Waals surface area contributed by atoms with Gasteiger partial charge in [0.15, 0.2) is 0 Å². The van der Waals surface area contributed by atoms with Gasteiger partial charge in [-0.25, -0.2) is 4.39 Å². The number of nitrogens with two attached hydrogens (primary N) is 1. The SMILES string of the molecule is N[C@H](CO)c1ccc(F)c(Cl)c1O. The van der Waals surface area contributed by atoms with Crippen molar-refractivity contribution in [3.8, 4) is 5.75 Å². The van der Waals surface area contributed by atoms with Crippen LogP contribution in [0.15, 0.2) is 12.1 Å². The molecular formula is C8H9ClFNO2. The predicted molar refractivity (Wildman–Crippen MR) is 47.1 cm³/mol. The van der Waals surface area contributed by atoms with Crippen molar-refractivity contribution in [3.63, 3.8) is 0 Å². The average Bonchev–Trinajstić information content (AvgIpc) is 2.13. The molecule has 1 rings (SSSR count). The van der Waals surface area contributed by atoms with Gasteiger partial charge < -0.3 is 15.9 Å². The molecule has 0 saturated carbocycles. The summed E-state index contributed by atoms with van der Waals surface area (Å²) in [7, 11) is 0. The van der Waals surface area contributed by atoms with Gasteiger partial charge in [-0.05, 0) is 6.07 Å². The van der Waals surface area contributed by atoms with Crippen molar-refractivity contribution in [1.82, 2.24) is 0 Å². The molecule has 0 radical (unpaired) electrons. The maximum Gasteiger partial charge on any atom is 0.145 e. The van der Waals surface area contributed by atoms with Gasteiger partial charge in [-0.15, -0.1) is 0 Å².